The number of anilines is 1. The molecule has 0 N–H and O–H groups in total. The molecular formula is C19H18F3N7. The van der Waals surface area contributed by atoms with Crippen LogP contribution in [0.4, 0.5) is 19.0 Å². The number of hydrogen-bond acceptors (Lipinski definition) is 5. The molecule has 0 spiro atoms. The average molecular weight is 401 g/mol. The highest BCUT2D eigenvalue weighted by atomic mass is 19.4. The molecule has 0 amide bonds. The lowest BCUT2D eigenvalue weighted by Gasteiger charge is -2.20. The van der Waals surface area contributed by atoms with E-state index < -0.39 is 12.0 Å². The van der Waals surface area contributed by atoms with Crippen molar-refractivity contribution in [3.8, 4) is 0 Å². The number of aryl methyl sites for hydroxylation is 1. The first-order valence-electron chi connectivity index (χ1n) is 8.88. The quantitative estimate of drug-likeness (QED) is 0.513. The molecule has 0 radical (unpaired) electrons. The van der Waals surface area contributed by atoms with Crippen LogP contribution in [0.3, 0.4) is 0 Å². The van der Waals surface area contributed by atoms with E-state index in [1.807, 2.05) is 41.1 Å². The van der Waals surface area contributed by atoms with E-state index in [4.69, 9.17) is 0 Å². The summed E-state index contributed by atoms with van der Waals surface area (Å²) in [5, 5.41) is 3.61. The Kier molecular flexibility index (Phi) is 4.69. The van der Waals surface area contributed by atoms with Gasteiger partial charge in [-0.05, 0) is 12.5 Å². The predicted octanol–water partition coefficient (Wildman–Crippen LogP) is 3.33. The van der Waals surface area contributed by atoms with Crippen LogP contribution in [0, 0.1) is 6.92 Å². The molecule has 3 heterocycles. The zero-order valence-corrected chi connectivity index (χ0v) is 15.8. The molecule has 4 aromatic rings. The highest BCUT2D eigenvalue weighted by Gasteiger charge is 2.37. The maximum absolute atomic E-state index is 13.0. The van der Waals surface area contributed by atoms with Crippen LogP contribution in [-0.2, 0) is 19.3 Å². The molecule has 0 aliphatic carbocycles. The summed E-state index contributed by atoms with van der Waals surface area (Å²) in [4.78, 5) is 13.8. The first kappa shape index (κ1) is 18.9. The number of rotatable bonds is 5. The molecule has 7 nitrogen and oxygen atoms in total. The van der Waals surface area contributed by atoms with E-state index in [0.29, 0.717) is 24.6 Å². The molecule has 0 aliphatic rings. The van der Waals surface area contributed by atoms with Gasteiger partial charge in [-0.3, -0.25) is 0 Å². The third-order valence-electron chi connectivity index (χ3n) is 4.44. The Balaban J connectivity index is 1.64. The molecule has 1 aromatic carbocycles. The van der Waals surface area contributed by atoms with Crippen molar-refractivity contribution in [1.82, 2.24) is 29.1 Å². The molecule has 0 saturated heterocycles. The largest absolute Gasteiger partial charge is 0.453 e. The van der Waals surface area contributed by atoms with Gasteiger partial charge in [0.2, 0.25) is 0 Å². The van der Waals surface area contributed by atoms with Crippen molar-refractivity contribution in [3.63, 3.8) is 0 Å². The number of fused-ring (bicyclic) bond motifs is 1. The molecule has 150 valence electrons. The molecule has 0 atom stereocenters. The second-order valence-electron chi connectivity index (χ2n) is 6.71. The normalized spacial score (nSPS) is 11.9. The van der Waals surface area contributed by atoms with E-state index in [1.165, 1.54) is 0 Å². The van der Waals surface area contributed by atoms with Gasteiger partial charge >= 0.3 is 6.18 Å². The van der Waals surface area contributed by atoms with Crippen LogP contribution < -0.4 is 4.90 Å². The molecular weight excluding hydrogens is 383 g/mol. The van der Waals surface area contributed by atoms with Gasteiger partial charge in [-0.25, -0.2) is 9.97 Å². The monoisotopic (exact) mass is 401 g/mol. The summed E-state index contributed by atoms with van der Waals surface area (Å²) in [6, 6.07) is 11.6. The second-order valence-corrected chi connectivity index (χ2v) is 6.71. The fourth-order valence-corrected chi connectivity index (χ4v) is 3.07. The van der Waals surface area contributed by atoms with Gasteiger partial charge in [0.15, 0.2) is 0 Å². The molecule has 10 heteroatoms. The lowest BCUT2D eigenvalue weighted by molar-refractivity contribution is -0.144. The van der Waals surface area contributed by atoms with Crippen molar-refractivity contribution in [1.29, 1.82) is 0 Å². The van der Waals surface area contributed by atoms with Gasteiger partial charge in [0.05, 0.1) is 6.54 Å². The predicted molar refractivity (Wildman–Crippen MR) is 100 cm³/mol. The lowest BCUT2D eigenvalue weighted by Crippen LogP contribution is -2.23. The standard InChI is InChI=1S/C19H18F3N7/c1-13-10-16(29-18(24-13)25-17(26-29)19(20,21)22)27(2)12-15-23-8-9-28(15)11-14-6-4-3-5-7-14/h3-10H,11-12H2,1-2H3. The number of aromatic nitrogens is 6. The third-order valence-corrected chi connectivity index (χ3v) is 4.44. The summed E-state index contributed by atoms with van der Waals surface area (Å²) < 4.78 is 42.2. The summed E-state index contributed by atoms with van der Waals surface area (Å²) in [6.45, 7) is 2.73. The van der Waals surface area contributed by atoms with Gasteiger partial charge in [-0.1, -0.05) is 30.3 Å². The van der Waals surface area contributed by atoms with E-state index in [0.717, 1.165) is 15.9 Å². The maximum atomic E-state index is 13.0. The van der Waals surface area contributed by atoms with Gasteiger partial charge in [0.25, 0.3) is 11.6 Å². The van der Waals surface area contributed by atoms with Crippen LogP contribution in [0.5, 0.6) is 0 Å². The Hall–Kier alpha value is -3.43. The summed E-state index contributed by atoms with van der Waals surface area (Å²) >= 11 is 0. The van der Waals surface area contributed by atoms with Gasteiger partial charge in [0.1, 0.15) is 11.6 Å². The van der Waals surface area contributed by atoms with Gasteiger partial charge < -0.3 is 9.47 Å². The van der Waals surface area contributed by atoms with E-state index in [9.17, 15) is 13.2 Å². The number of nitrogens with zero attached hydrogens (tertiary/aromatic N) is 7. The topological polar surface area (TPSA) is 64.1 Å². The fraction of sp³-hybridized carbons (Fsp3) is 0.263. The summed E-state index contributed by atoms with van der Waals surface area (Å²) in [5.41, 5.74) is 1.68. The van der Waals surface area contributed by atoms with Crippen LogP contribution in [0.2, 0.25) is 0 Å². The Morgan fingerprint density at radius 3 is 2.59 bits per heavy atom. The molecule has 0 bridgehead atoms. The van der Waals surface area contributed by atoms with Crippen molar-refractivity contribution in [3.05, 3.63) is 71.7 Å². The van der Waals surface area contributed by atoms with Crippen molar-refractivity contribution >= 4 is 11.6 Å². The maximum Gasteiger partial charge on any atom is 0.453 e. The molecule has 0 aliphatic heterocycles. The zero-order chi connectivity index (χ0) is 20.6. The van der Waals surface area contributed by atoms with Crippen molar-refractivity contribution in [2.24, 2.45) is 0 Å². The highest BCUT2D eigenvalue weighted by molar-refractivity contribution is 5.47. The van der Waals surface area contributed by atoms with Crippen molar-refractivity contribution < 1.29 is 13.2 Å². The molecule has 0 saturated carbocycles. The molecule has 29 heavy (non-hydrogen) atoms. The van der Waals surface area contributed by atoms with E-state index in [2.05, 4.69) is 20.1 Å². The summed E-state index contributed by atoms with van der Waals surface area (Å²) in [5.74, 6) is -0.0810. The van der Waals surface area contributed by atoms with Crippen LogP contribution >= 0.6 is 0 Å². The highest BCUT2D eigenvalue weighted by Crippen LogP contribution is 2.27. The van der Waals surface area contributed by atoms with Crippen LogP contribution in [0.1, 0.15) is 22.9 Å². The minimum atomic E-state index is -4.64. The molecule has 0 fully saturated rings. The number of halogens is 3. The number of hydrogen-bond donors (Lipinski definition) is 0. The van der Waals surface area contributed by atoms with Gasteiger partial charge in [0, 0.05) is 37.7 Å². The zero-order valence-electron chi connectivity index (χ0n) is 15.8. The van der Waals surface area contributed by atoms with E-state index in [1.54, 1.807) is 31.1 Å². The second kappa shape index (κ2) is 7.19. The minimum absolute atomic E-state index is 0.0909. The van der Waals surface area contributed by atoms with Crippen LogP contribution in [0.25, 0.3) is 5.78 Å². The first-order valence-corrected chi connectivity index (χ1v) is 8.88. The van der Waals surface area contributed by atoms with E-state index >= 15 is 0 Å². The first-order chi connectivity index (χ1) is 13.8. The van der Waals surface area contributed by atoms with Gasteiger partial charge in [-0.2, -0.15) is 22.7 Å². The van der Waals surface area contributed by atoms with Crippen LogP contribution in [-0.4, -0.2) is 36.2 Å². The Morgan fingerprint density at radius 2 is 1.86 bits per heavy atom. The molecule has 3 aromatic heterocycles. The SMILES string of the molecule is Cc1cc(N(C)Cc2nccn2Cc2ccccc2)n2nc(C(F)(F)F)nc2n1. The van der Waals surface area contributed by atoms with Crippen molar-refractivity contribution in [2.75, 3.05) is 11.9 Å². The lowest BCUT2D eigenvalue weighted by atomic mass is 10.2. The smallest absolute Gasteiger partial charge is 0.352 e. The van der Waals surface area contributed by atoms with Crippen LogP contribution in [0.15, 0.2) is 48.8 Å². The fourth-order valence-electron chi connectivity index (χ4n) is 3.07. The van der Waals surface area contributed by atoms with Gasteiger partial charge in [-0.15, -0.1) is 5.10 Å². The summed E-state index contributed by atoms with van der Waals surface area (Å²) in [6.07, 6.45) is -1.05. The Morgan fingerprint density at radius 1 is 1.10 bits per heavy atom. The number of benzene rings is 1. The molecule has 0 unspecified atom stereocenters. The number of imidazole rings is 1. The van der Waals surface area contributed by atoms with Crippen molar-refractivity contribution in [2.45, 2.75) is 26.2 Å². The Labute approximate surface area is 164 Å². The summed E-state index contributed by atoms with van der Waals surface area (Å²) in [7, 11) is 1.77. The number of alkyl halides is 3. The third kappa shape index (κ3) is 3.91. The van der Waals surface area contributed by atoms with E-state index in [-0.39, 0.29) is 5.78 Å². The Bertz CT molecular complexity index is 1130. The molecule has 4 rings (SSSR count). The minimum Gasteiger partial charge on any atom is -0.352 e. The average Bonchev–Trinajstić information content (AvgIpc) is 3.28.